The third kappa shape index (κ3) is 3.83. The van der Waals surface area contributed by atoms with E-state index in [2.05, 4.69) is 5.32 Å². The standard InChI is InChI=1S/C14H22N2O3/c1-18-14-5-4-10(7-12(14)15)13(17)9-16-8-11-3-2-6-19-11/h4-5,7,11,13,16-17H,2-3,6,8-9,15H2,1H3. The van der Waals surface area contributed by atoms with E-state index in [-0.39, 0.29) is 6.10 Å². The Morgan fingerprint density at radius 3 is 3.05 bits per heavy atom. The number of ether oxygens (including phenoxy) is 2. The van der Waals surface area contributed by atoms with Gasteiger partial charge in [-0.05, 0) is 30.5 Å². The van der Waals surface area contributed by atoms with Crippen molar-refractivity contribution in [3.8, 4) is 5.75 Å². The monoisotopic (exact) mass is 266 g/mol. The number of nitrogens with one attached hydrogen (secondary N) is 1. The van der Waals surface area contributed by atoms with Gasteiger partial charge in [-0.1, -0.05) is 6.07 Å². The lowest BCUT2D eigenvalue weighted by atomic mass is 10.1. The molecular weight excluding hydrogens is 244 g/mol. The Balaban J connectivity index is 1.81. The van der Waals surface area contributed by atoms with Crippen LogP contribution in [0.1, 0.15) is 24.5 Å². The molecule has 1 fully saturated rings. The van der Waals surface area contributed by atoms with Crippen LogP contribution >= 0.6 is 0 Å². The molecule has 1 aromatic carbocycles. The fourth-order valence-electron chi connectivity index (χ4n) is 2.26. The first-order valence-corrected chi connectivity index (χ1v) is 6.64. The average molecular weight is 266 g/mol. The molecule has 1 aliphatic rings. The Bertz CT molecular complexity index is 406. The van der Waals surface area contributed by atoms with Crippen molar-refractivity contribution in [2.24, 2.45) is 0 Å². The molecule has 0 aliphatic carbocycles. The maximum Gasteiger partial charge on any atom is 0.141 e. The molecule has 2 rings (SSSR count). The molecule has 0 amide bonds. The van der Waals surface area contributed by atoms with Crippen molar-refractivity contribution in [1.82, 2.24) is 5.32 Å². The summed E-state index contributed by atoms with van der Waals surface area (Å²) in [4.78, 5) is 0. The van der Waals surface area contributed by atoms with E-state index >= 15 is 0 Å². The number of anilines is 1. The number of benzene rings is 1. The molecule has 1 aliphatic heterocycles. The number of aliphatic hydroxyl groups excluding tert-OH is 1. The predicted molar refractivity (Wildman–Crippen MR) is 74.2 cm³/mol. The number of methoxy groups -OCH3 is 1. The molecule has 0 saturated carbocycles. The van der Waals surface area contributed by atoms with Crippen LogP contribution in [0.25, 0.3) is 0 Å². The Hall–Kier alpha value is -1.30. The fourth-order valence-corrected chi connectivity index (χ4v) is 2.26. The van der Waals surface area contributed by atoms with Gasteiger partial charge in [-0.25, -0.2) is 0 Å². The molecule has 0 spiro atoms. The Morgan fingerprint density at radius 2 is 2.42 bits per heavy atom. The van der Waals surface area contributed by atoms with Crippen LogP contribution in [0.2, 0.25) is 0 Å². The van der Waals surface area contributed by atoms with E-state index in [9.17, 15) is 5.11 Å². The van der Waals surface area contributed by atoms with Gasteiger partial charge in [0.2, 0.25) is 0 Å². The number of hydrogen-bond acceptors (Lipinski definition) is 5. The first kappa shape index (κ1) is 14.1. The zero-order valence-corrected chi connectivity index (χ0v) is 11.3. The predicted octanol–water partition coefficient (Wildman–Crippen LogP) is 1.08. The summed E-state index contributed by atoms with van der Waals surface area (Å²) in [6.45, 7) is 2.12. The van der Waals surface area contributed by atoms with E-state index in [0.717, 1.165) is 31.6 Å². The lowest BCUT2D eigenvalue weighted by Gasteiger charge is -2.16. The van der Waals surface area contributed by atoms with Gasteiger partial charge in [-0.15, -0.1) is 0 Å². The number of aliphatic hydroxyl groups is 1. The zero-order valence-electron chi connectivity index (χ0n) is 11.3. The molecule has 0 bridgehead atoms. The van der Waals surface area contributed by atoms with Crippen molar-refractivity contribution in [2.75, 3.05) is 32.5 Å². The summed E-state index contributed by atoms with van der Waals surface area (Å²) >= 11 is 0. The second-order valence-corrected chi connectivity index (χ2v) is 4.81. The second-order valence-electron chi connectivity index (χ2n) is 4.81. The number of hydrogen-bond donors (Lipinski definition) is 3. The van der Waals surface area contributed by atoms with Crippen molar-refractivity contribution in [3.63, 3.8) is 0 Å². The highest BCUT2D eigenvalue weighted by Gasteiger charge is 2.16. The first-order chi connectivity index (χ1) is 9.20. The van der Waals surface area contributed by atoms with E-state index in [1.165, 1.54) is 0 Å². The molecule has 5 nitrogen and oxygen atoms in total. The van der Waals surface area contributed by atoms with E-state index in [1.54, 1.807) is 19.2 Å². The van der Waals surface area contributed by atoms with Crippen LogP contribution in [0.4, 0.5) is 5.69 Å². The zero-order chi connectivity index (χ0) is 13.7. The maximum atomic E-state index is 10.1. The number of nitrogens with two attached hydrogens (primary N) is 1. The summed E-state index contributed by atoms with van der Waals surface area (Å²) in [5, 5.41) is 13.3. The molecule has 0 radical (unpaired) electrons. The molecule has 2 atom stereocenters. The normalized spacial score (nSPS) is 20.4. The second kappa shape index (κ2) is 6.75. The van der Waals surface area contributed by atoms with Gasteiger partial charge in [-0.2, -0.15) is 0 Å². The lowest BCUT2D eigenvalue weighted by molar-refractivity contribution is 0.103. The van der Waals surface area contributed by atoms with Gasteiger partial charge in [0.1, 0.15) is 5.75 Å². The number of rotatable bonds is 6. The highest BCUT2D eigenvalue weighted by Crippen LogP contribution is 2.25. The van der Waals surface area contributed by atoms with Crippen molar-refractivity contribution < 1.29 is 14.6 Å². The van der Waals surface area contributed by atoms with E-state index in [4.69, 9.17) is 15.2 Å². The van der Waals surface area contributed by atoms with Gasteiger partial charge < -0.3 is 25.6 Å². The minimum Gasteiger partial charge on any atom is -0.495 e. The van der Waals surface area contributed by atoms with Gasteiger partial charge in [0, 0.05) is 19.7 Å². The van der Waals surface area contributed by atoms with Crippen LogP contribution < -0.4 is 15.8 Å². The van der Waals surface area contributed by atoms with Gasteiger partial charge in [-0.3, -0.25) is 0 Å². The minimum absolute atomic E-state index is 0.285. The highest BCUT2D eigenvalue weighted by molar-refractivity contribution is 5.54. The van der Waals surface area contributed by atoms with E-state index in [1.807, 2.05) is 6.07 Å². The third-order valence-corrected chi connectivity index (χ3v) is 3.37. The summed E-state index contributed by atoms with van der Waals surface area (Å²) in [6, 6.07) is 5.35. The SMILES string of the molecule is COc1ccc(C(O)CNCC2CCCO2)cc1N. The number of nitrogen functional groups attached to an aromatic ring is 1. The summed E-state index contributed by atoms with van der Waals surface area (Å²) in [7, 11) is 1.57. The summed E-state index contributed by atoms with van der Waals surface area (Å²) in [5.74, 6) is 0.628. The van der Waals surface area contributed by atoms with Crippen LogP contribution in [0.5, 0.6) is 5.75 Å². The Morgan fingerprint density at radius 1 is 1.58 bits per heavy atom. The molecular formula is C14H22N2O3. The van der Waals surface area contributed by atoms with Crippen molar-refractivity contribution in [2.45, 2.75) is 25.0 Å². The first-order valence-electron chi connectivity index (χ1n) is 6.64. The molecule has 5 heteroatoms. The average Bonchev–Trinajstić information content (AvgIpc) is 2.91. The van der Waals surface area contributed by atoms with Gasteiger partial charge >= 0.3 is 0 Å². The Kier molecular flexibility index (Phi) is 5.01. The van der Waals surface area contributed by atoms with Gasteiger partial charge in [0.15, 0.2) is 0 Å². The maximum absolute atomic E-state index is 10.1. The van der Waals surface area contributed by atoms with Crippen LogP contribution in [0.3, 0.4) is 0 Å². The molecule has 106 valence electrons. The van der Waals surface area contributed by atoms with Crippen LogP contribution in [-0.2, 0) is 4.74 Å². The molecule has 1 aromatic rings. The largest absolute Gasteiger partial charge is 0.495 e. The summed E-state index contributed by atoms with van der Waals surface area (Å²) in [5.41, 5.74) is 7.15. The van der Waals surface area contributed by atoms with Crippen molar-refractivity contribution in [3.05, 3.63) is 23.8 Å². The quantitative estimate of drug-likeness (QED) is 0.672. The third-order valence-electron chi connectivity index (χ3n) is 3.37. The molecule has 4 N–H and O–H groups in total. The molecule has 0 aromatic heterocycles. The lowest BCUT2D eigenvalue weighted by Crippen LogP contribution is -2.29. The van der Waals surface area contributed by atoms with Gasteiger partial charge in [0.05, 0.1) is 25.0 Å². The van der Waals surface area contributed by atoms with Crippen molar-refractivity contribution in [1.29, 1.82) is 0 Å². The topological polar surface area (TPSA) is 76.7 Å². The highest BCUT2D eigenvalue weighted by atomic mass is 16.5. The van der Waals surface area contributed by atoms with E-state index in [0.29, 0.717) is 18.0 Å². The van der Waals surface area contributed by atoms with Crippen LogP contribution in [0, 0.1) is 0 Å². The minimum atomic E-state index is -0.574. The molecule has 2 unspecified atom stereocenters. The van der Waals surface area contributed by atoms with E-state index < -0.39 is 6.10 Å². The van der Waals surface area contributed by atoms with Gasteiger partial charge in [0.25, 0.3) is 0 Å². The fraction of sp³-hybridized carbons (Fsp3) is 0.571. The summed E-state index contributed by atoms with van der Waals surface area (Å²) < 4.78 is 10.6. The van der Waals surface area contributed by atoms with Crippen molar-refractivity contribution >= 4 is 5.69 Å². The van der Waals surface area contributed by atoms with Crippen LogP contribution in [0.15, 0.2) is 18.2 Å². The molecule has 1 heterocycles. The summed E-state index contributed by atoms with van der Waals surface area (Å²) in [6.07, 6.45) is 1.94. The molecule has 1 saturated heterocycles. The van der Waals surface area contributed by atoms with Crippen LogP contribution in [-0.4, -0.2) is 38.0 Å². The smallest absolute Gasteiger partial charge is 0.141 e. The Labute approximate surface area is 113 Å². The molecule has 19 heavy (non-hydrogen) atoms.